The maximum Gasteiger partial charge on any atom is 0.404 e. The van der Waals surface area contributed by atoms with Crippen LogP contribution < -0.4 is 21.9 Å². The van der Waals surface area contributed by atoms with E-state index in [2.05, 4.69) is 15.0 Å². The highest BCUT2D eigenvalue weighted by Gasteiger charge is 2.15. The van der Waals surface area contributed by atoms with Gasteiger partial charge in [-0.1, -0.05) is 0 Å². The number of benzene rings is 1. The van der Waals surface area contributed by atoms with E-state index in [1.807, 2.05) is 0 Å². The number of aromatic nitrogens is 4. The van der Waals surface area contributed by atoms with Gasteiger partial charge in [-0.15, -0.1) is 0 Å². The van der Waals surface area contributed by atoms with Crippen molar-refractivity contribution in [3.05, 3.63) is 40.6 Å². The number of aromatic amines is 1. The molecule has 1 aromatic carbocycles. The number of fused-ring (bicyclic) bond motifs is 1. The molecule has 0 saturated heterocycles. The number of nitrogens with one attached hydrogen (secondary N) is 1. The van der Waals surface area contributed by atoms with Crippen LogP contribution in [0.5, 0.6) is 5.75 Å². The number of nitrogens with two attached hydrogens (primary N) is 2. The van der Waals surface area contributed by atoms with Gasteiger partial charge in [0.2, 0.25) is 0 Å². The number of rotatable bonds is 4. The summed E-state index contributed by atoms with van der Waals surface area (Å²) in [5, 5.41) is 0. The van der Waals surface area contributed by atoms with Gasteiger partial charge >= 0.3 is 11.8 Å². The summed E-state index contributed by atoms with van der Waals surface area (Å²) < 4.78 is 11.3. The minimum atomic E-state index is -0.910. The summed E-state index contributed by atoms with van der Waals surface area (Å²) in [4.78, 5) is 33.6. The van der Waals surface area contributed by atoms with Gasteiger partial charge in [0.05, 0.1) is 12.8 Å². The van der Waals surface area contributed by atoms with Crippen molar-refractivity contribution in [1.82, 2.24) is 19.5 Å². The average Bonchev–Trinajstić information content (AvgIpc) is 2.90. The van der Waals surface area contributed by atoms with Gasteiger partial charge in [0, 0.05) is 5.56 Å². The molecule has 0 fully saturated rings. The summed E-state index contributed by atoms with van der Waals surface area (Å²) in [5.41, 5.74) is 12.0. The summed E-state index contributed by atoms with van der Waals surface area (Å²) in [6.07, 6.45) is 0.356. The van der Waals surface area contributed by atoms with Crippen LogP contribution in [0.25, 0.3) is 16.9 Å². The average molecular weight is 330 g/mol. The van der Waals surface area contributed by atoms with Crippen LogP contribution in [0.2, 0.25) is 0 Å². The van der Waals surface area contributed by atoms with E-state index in [-0.39, 0.29) is 12.4 Å². The van der Waals surface area contributed by atoms with Crippen molar-refractivity contribution in [3.63, 3.8) is 0 Å². The highest BCUT2D eigenvalue weighted by molar-refractivity contribution is 5.82. The Morgan fingerprint density at radius 3 is 2.88 bits per heavy atom. The van der Waals surface area contributed by atoms with Gasteiger partial charge in [0.15, 0.2) is 11.5 Å². The van der Waals surface area contributed by atoms with Crippen molar-refractivity contribution in [2.45, 2.75) is 6.61 Å². The minimum Gasteiger partial charge on any atom is -0.496 e. The lowest BCUT2D eigenvalue weighted by molar-refractivity contribution is 0.149. The fourth-order valence-corrected chi connectivity index (χ4v) is 2.34. The molecule has 0 aliphatic heterocycles. The number of ether oxygens (including phenoxy) is 2. The van der Waals surface area contributed by atoms with Gasteiger partial charge in [-0.3, -0.25) is 0 Å². The molecule has 2 aromatic heterocycles. The molecule has 2 heterocycles. The Hall–Kier alpha value is -3.56. The molecule has 0 spiro atoms. The largest absolute Gasteiger partial charge is 0.496 e. The van der Waals surface area contributed by atoms with E-state index >= 15 is 0 Å². The minimum absolute atomic E-state index is 0.0967. The Balaban J connectivity index is 2.15. The first-order chi connectivity index (χ1) is 11.5. The van der Waals surface area contributed by atoms with Gasteiger partial charge in [-0.05, 0) is 18.2 Å². The number of nitrogens with zero attached hydrogens (tertiary/aromatic N) is 3. The Kier molecular flexibility index (Phi) is 3.78. The highest BCUT2D eigenvalue weighted by atomic mass is 16.5. The van der Waals surface area contributed by atoms with Gasteiger partial charge in [-0.2, -0.15) is 0 Å². The normalized spacial score (nSPS) is 10.7. The van der Waals surface area contributed by atoms with E-state index in [9.17, 15) is 9.59 Å². The molecule has 10 heteroatoms. The maximum atomic E-state index is 12.3. The Morgan fingerprint density at radius 2 is 2.17 bits per heavy atom. The number of carbonyl (C=O) groups excluding carboxylic acids is 1. The molecule has 3 aromatic rings. The summed E-state index contributed by atoms with van der Waals surface area (Å²) in [7, 11) is 1.48. The molecule has 0 atom stereocenters. The lowest BCUT2D eigenvalue weighted by atomic mass is 10.2. The van der Waals surface area contributed by atoms with E-state index in [1.54, 1.807) is 18.2 Å². The molecule has 0 radical (unpaired) electrons. The molecule has 124 valence electrons. The number of methoxy groups -OCH3 is 1. The maximum absolute atomic E-state index is 12.3. The first-order valence-electron chi connectivity index (χ1n) is 6.82. The number of H-pyrrole nitrogens is 1. The lowest BCUT2D eigenvalue weighted by Crippen LogP contribution is -2.16. The van der Waals surface area contributed by atoms with Crippen LogP contribution >= 0.6 is 0 Å². The zero-order chi connectivity index (χ0) is 17.3. The zero-order valence-corrected chi connectivity index (χ0v) is 12.6. The fourth-order valence-electron chi connectivity index (χ4n) is 2.34. The van der Waals surface area contributed by atoms with Crippen LogP contribution in [0.1, 0.15) is 5.56 Å². The van der Waals surface area contributed by atoms with Gasteiger partial charge in [0.1, 0.15) is 24.2 Å². The Labute approximate surface area is 135 Å². The molecule has 0 bridgehead atoms. The number of hydrogen-bond acceptors (Lipinski definition) is 7. The smallest absolute Gasteiger partial charge is 0.404 e. The molecule has 0 aliphatic rings. The highest BCUT2D eigenvalue weighted by Crippen LogP contribution is 2.24. The molecular formula is C14H14N6O4. The molecule has 3 rings (SSSR count). The quantitative estimate of drug-likeness (QED) is 0.622. The van der Waals surface area contributed by atoms with Gasteiger partial charge in [0.25, 0.3) is 0 Å². The monoisotopic (exact) mass is 330 g/mol. The Morgan fingerprint density at radius 1 is 1.38 bits per heavy atom. The first-order valence-corrected chi connectivity index (χ1v) is 6.82. The third kappa shape index (κ3) is 2.60. The molecule has 0 saturated carbocycles. The predicted molar refractivity (Wildman–Crippen MR) is 84.8 cm³/mol. The fraction of sp³-hybridized carbons (Fsp3) is 0.143. The van der Waals surface area contributed by atoms with Crippen LogP contribution in [-0.2, 0) is 11.3 Å². The molecule has 5 N–H and O–H groups in total. The number of hydrogen-bond donors (Lipinski definition) is 3. The third-order valence-electron chi connectivity index (χ3n) is 3.40. The number of anilines is 1. The number of amides is 1. The van der Waals surface area contributed by atoms with Crippen LogP contribution in [0.3, 0.4) is 0 Å². The third-order valence-corrected chi connectivity index (χ3v) is 3.40. The topological polar surface area (TPSA) is 151 Å². The van der Waals surface area contributed by atoms with Gasteiger partial charge in [-0.25, -0.2) is 24.1 Å². The van der Waals surface area contributed by atoms with E-state index in [1.165, 1.54) is 18.0 Å². The second kappa shape index (κ2) is 5.91. The summed E-state index contributed by atoms with van der Waals surface area (Å²) >= 11 is 0. The summed E-state index contributed by atoms with van der Waals surface area (Å²) in [5.74, 6) is 0.656. The summed E-state index contributed by atoms with van der Waals surface area (Å²) in [6, 6.07) is 4.94. The summed E-state index contributed by atoms with van der Waals surface area (Å²) in [6.45, 7) is -0.0967. The van der Waals surface area contributed by atoms with Crippen molar-refractivity contribution < 1.29 is 14.3 Å². The second-order valence-corrected chi connectivity index (χ2v) is 4.83. The molecule has 0 unspecified atom stereocenters. The number of imidazole rings is 1. The van der Waals surface area contributed by atoms with E-state index in [0.717, 1.165) is 0 Å². The number of primary amides is 1. The van der Waals surface area contributed by atoms with Crippen molar-refractivity contribution in [2.75, 3.05) is 12.8 Å². The van der Waals surface area contributed by atoms with Crippen molar-refractivity contribution in [3.8, 4) is 11.4 Å². The molecule has 10 nitrogen and oxygen atoms in total. The first kappa shape index (κ1) is 15.3. The van der Waals surface area contributed by atoms with E-state index < -0.39 is 11.8 Å². The Bertz CT molecular complexity index is 977. The zero-order valence-electron chi connectivity index (χ0n) is 12.6. The number of carbonyl (C=O) groups is 1. The van der Waals surface area contributed by atoms with Crippen LogP contribution in [0.4, 0.5) is 10.6 Å². The second-order valence-electron chi connectivity index (χ2n) is 4.83. The van der Waals surface area contributed by atoms with Crippen LogP contribution in [0, 0.1) is 0 Å². The predicted octanol–water partition coefficient (Wildman–Crippen LogP) is 0.295. The molecule has 1 amide bonds. The van der Waals surface area contributed by atoms with Gasteiger partial charge < -0.3 is 25.9 Å². The van der Waals surface area contributed by atoms with Crippen LogP contribution in [0.15, 0.2) is 29.3 Å². The lowest BCUT2D eigenvalue weighted by Gasteiger charge is -2.11. The standard InChI is InChI=1S/C14H14N6O4/c1-23-9-3-2-8(4-7(9)5-24-13(16)21)20-12-10(19-14(20)22)11(15)17-6-18-12/h2-4,6H,5H2,1H3,(H2,16,21)(H,19,22)(H2,15,17,18). The molecular weight excluding hydrogens is 316 g/mol. The van der Waals surface area contributed by atoms with Crippen molar-refractivity contribution >= 4 is 23.1 Å². The van der Waals surface area contributed by atoms with Crippen molar-refractivity contribution in [2.24, 2.45) is 5.73 Å². The van der Waals surface area contributed by atoms with Crippen molar-refractivity contribution in [1.29, 1.82) is 0 Å². The van der Waals surface area contributed by atoms with E-state index in [4.69, 9.17) is 20.9 Å². The molecule has 0 aliphatic carbocycles. The van der Waals surface area contributed by atoms with Crippen LogP contribution in [-0.4, -0.2) is 32.7 Å². The van der Waals surface area contributed by atoms with E-state index in [0.29, 0.717) is 28.2 Å². The molecule has 24 heavy (non-hydrogen) atoms. The SMILES string of the molecule is COc1ccc(-n2c(=O)[nH]c3c(N)ncnc32)cc1COC(N)=O. The number of nitrogen functional groups attached to an aromatic ring is 1.